The molecule has 0 bridgehead atoms. The minimum Gasteiger partial charge on any atom is -0.309 e. The summed E-state index contributed by atoms with van der Waals surface area (Å²) >= 11 is 0. The normalized spacial score (nSPS) is 11.9. The molecule has 0 saturated carbocycles. The van der Waals surface area contributed by atoms with Crippen molar-refractivity contribution in [2.75, 3.05) is 0 Å². The standard InChI is InChI=1S/C54H38N2Si/c1-5-17-41(18-6-1)55-51-27-15-13-25-47(51)49-37-40(31-35-53(49)55)39-29-32-42(33-30-39)56-52-28-16-14-26-48(52)50-38-46(34-36-54(50)56)57(43-19-7-2-8-20-43,44-21-9-3-10-22-44)45-23-11-4-12-24-45/h1-38H. The molecule has 2 nitrogen and oxygen atoms in total. The maximum atomic E-state index is 2.50. The molecule has 3 heteroatoms. The smallest absolute Gasteiger partial charge is 0.179 e. The lowest BCUT2D eigenvalue weighted by molar-refractivity contribution is 1.18. The van der Waals surface area contributed by atoms with Gasteiger partial charge in [0.1, 0.15) is 0 Å². The second-order valence-electron chi connectivity index (χ2n) is 14.9. The third-order valence-electron chi connectivity index (χ3n) is 11.9. The summed E-state index contributed by atoms with van der Waals surface area (Å²) in [5.41, 5.74) is 9.58. The second kappa shape index (κ2) is 13.5. The summed E-state index contributed by atoms with van der Waals surface area (Å²) in [6.45, 7) is 0. The number of para-hydroxylation sites is 3. The molecule has 0 fully saturated rings. The summed E-state index contributed by atoms with van der Waals surface area (Å²) < 4.78 is 4.81. The fourth-order valence-corrected chi connectivity index (χ4v) is 14.1. The van der Waals surface area contributed by atoms with Crippen LogP contribution in [0.15, 0.2) is 231 Å². The van der Waals surface area contributed by atoms with E-state index in [9.17, 15) is 0 Å². The molecule has 0 N–H and O–H groups in total. The molecule has 11 rings (SSSR count). The first-order valence-corrected chi connectivity index (χ1v) is 21.7. The Bertz CT molecular complexity index is 3100. The highest BCUT2D eigenvalue weighted by atomic mass is 28.3. The van der Waals surface area contributed by atoms with E-state index in [4.69, 9.17) is 0 Å². The number of fused-ring (bicyclic) bond motifs is 6. The topological polar surface area (TPSA) is 9.86 Å². The largest absolute Gasteiger partial charge is 0.309 e. The molecule has 0 unspecified atom stereocenters. The lowest BCUT2D eigenvalue weighted by Crippen LogP contribution is -2.74. The Hall–Kier alpha value is -7.20. The molecule has 0 saturated heterocycles. The van der Waals surface area contributed by atoms with Gasteiger partial charge in [0.2, 0.25) is 0 Å². The third kappa shape index (κ3) is 5.24. The van der Waals surface area contributed by atoms with E-state index in [-0.39, 0.29) is 0 Å². The van der Waals surface area contributed by atoms with Crippen LogP contribution >= 0.6 is 0 Å². The van der Waals surface area contributed by atoms with Gasteiger partial charge in [0.25, 0.3) is 0 Å². The van der Waals surface area contributed by atoms with Gasteiger partial charge >= 0.3 is 0 Å². The van der Waals surface area contributed by atoms with Crippen LogP contribution in [0.3, 0.4) is 0 Å². The van der Waals surface area contributed by atoms with Crippen LogP contribution in [-0.2, 0) is 0 Å². The molecular weight excluding hydrogens is 705 g/mol. The van der Waals surface area contributed by atoms with Gasteiger partial charge in [-0.25, -0.2) is 0 Å². The van der Waals surface area contributed by atoms with E-state index in [2.05, 4.69) is 240 Å². The summed E-state index contributed by atoms with van der Waals surface area (Å²) in [5.74, 6) is 0. The van der Waals surface area contributed by atoms with Crippen molar-refractivity contribution in [2.24, 2.45) is 0 Å². The Morgan fingerprint density at radius 3 is 1.16 bits per heavy atom. The Kier molecular flexibility index (Phi) is 7.87. The molecule has 0 spiro atoms. The first-order chi connectivity index (χ1) is 28.3. The quantitative estimate of drug-likeness (QED) is 0.114. The van der Waals surface area contributed by atoms with E-state index in [1.54, 1.807) is 0 Å². The van der Waals surface area contributed by atoms with Gasteiger partial charge in [0, 0.05) is 32.9 Å². The molecule has 2 aromatic heterocycles. The summed E-state index contributed by atoms with van der Waals surface area (Å²) in [7, 11) is -2.69. The van der Waals surface area contributed by atoms with E-state index in [1.807, 2.05) is 0 Å². The molecule has 9 aromatic carbocycles. The first-order valence-electron chi connectivity index (χ1n) is 19.7. The van der Waals surface area contributed by atoms with Gasteiger partial charge in [-0.1, -0.05) is 176 Å². The van der Waals surface area contributed by atoms with Crippen LogP contribution < -0.4 is 20.7 Å². The SMILES string of the molecule is c1ccc(-n2c3ccccc3c3cc(-c4ccc(-n5c6ccccc6c6cc([Si](c7ccccc7)(c7ccccc7)c7ccccc7)ccc65)cc4)ccc32)cc1. The molecule has 268 valence electrons. The molecular formula is C54H38N2Si. The summed E-state index contributed by atoms with van der Waals surface area (Å²) in [6.07, 6.45) is 0. The monoisotopic (exact) mass is 742 g/mol. The lowest BCUT2D eigenvalue weighted by atomic mass is 10.0. The highest BCUT2D eigenvalue weighted by Gasteiger charge is 2.41. The second-order valence-corrected chi connectivity index (χ2v) is 18.7. The zero-order valence-corrected chi connectivity index (χ0v) is 32.3. The van der Waals surface area contributed by atoms with Crippen molar-refractivity contribution in [1.82, 2.24) is 9.13 Å². The fraction of sp³-hybridized carbons (Fsp3) is 0. The molecule has 0 aliphatic rings. The maximum absolute atomic E-state index is 2.69. The number of aromatic nitrogens is 2. The van der Waals surface area contributed by atoms with Gasteiger partial charge < -0.3 is 9.13 Å². The summed E-state index contributed by atoms with van der Waals surface area (Å²) in [5, 5.41) is 10.6. The molecule has 0 radical (unpaired) electrons. The first kappa shape index (κ1) is 33.2. The van der Waals surface area contributed by atoms with Crippen LogP contribution in [-0.4, -0.2) is 17.2 Å². The Morgan fingerprint density at radius 1 is 0.246 bits per heavy atom. The fourth-order valence-electron chi connectivity index (χ4n) is 9.36. The summed E-state index contributed by atoms with van der Waals surface area (Å²) in [4.78, 5) is 0. The van der Waals surface area contributed by atoms with Crippen LogP contribution in [0, 0.1) is 0 Å². The Morgan fingerprint density at radius 2 is 0.632 bits per heavy atom. The minimum atomic E-state index is -2.69. The van der Waals surface area contributed by atoms with Crippen molar-refractivity contribution in [3.63, 3.8) is 0 Å². The van der Waals surface area contributed by atoms with Crippen LogP contribution in [0.1, 0.15) is 0 Å². The average Bonchev–Trinajstić information content (AvgIpc) is 3.80. The average molecular weight is 743 g/mol. The molecule has 11 aromatic rings. The Labute approximate surface area is 333 Å². The van der Waals surface area contributed by atoms with Crippen molar-refractivity contribution < 1.29 is 0 Å². The highest BCUT2D eigenvalue weighted by Crippen LogP contribution is 2.36. The van der Waals surface area contributed by atoms with Gasteiger partial charge in [-0.15, -0.1) is 0 Å². The molecule has 0 atom stereocenters. The van der Waals surface area contributed by atoms with Crippen LogP contribution in [0.4, 0.5) is 0 Å². The zero-order chi connectivity index (χ0) is 37.8. The van der Waals surface area contributed by atoms with E-state index in [0.29, 0.717) is 0 Å². The number of nitrogens with zero attached hydrogens (tertiary/aromatic N) is 2. The van der Waals surface area contributed by atoms with Crippen molar-refractivity contribution in [1.29, 1.82) is 0 Å². The number of hydrogen-bond acceptors (Lipinski definition) is 0. The van der Waals surface area contributed by atoms with Gasteiger partial charge in [0.05, 0.1) is 22.1 Å². The predicted octanol–water partition coefficient (Wildman–Crippen LogP) is 10.9. The lowest BCUT2D eigenvalue weighted by Gasteiger charge is -2.34. The predicted molar refractivity (Wildman–Crippen MR) is 244 cm³/mol. The van der Waals surface area contributed by atoms with Crippen molar-refractivity contribution in [2.45, 2.75) is 0 Å². The van der Waals surface area contributed by atoms with Gasteiger partial charge in [0.15, 0.2) is 8.07 Å². The van der Waals surface area contributed by atoms with E-state index in [1.165, 1.54) is 81.2 Å². The summed E-state index contributed by atoms with van der Waals surface area (Å²) in [6, 6.07) is 85.1. The Balaban J connectivity index is 1.06. The van der Waals surface area contributed by atoms with Gasteiger partial charge in [-0.2, -0.15) is 0 Å². The van der Waals surface area contributed by atoms with Crippen LogP contribution in [0.2, 0.25) is 0 Å². The van der Waals surface area contributed by atoms with Crippen molar-refractivity contribution >= 4 is 72.4 Å². The number of benzene rings is 9. The number of hydrogen-bond donors (Lipinski definition) is 0. The molecule has 57 heavy (non-hydrogen) atoms. The van der Waals surface area contributed by atoms with Crippen molar-refractivity contribution in [3.8, 4) is 22.5 Å². The molecule has 2 heterocycles. The van der Waals surface area contributed by atoms with E-state index < -0.39 is 8.07 Å². The highest BCUT2D eigenvalue weighted by molar-refractivity contribution is 7.20. The van der Waals surface area contributed by atoms with Crippen molar-refractivity contribution in [3.05, 3.63) is 231 Å². The van der Waals surface area contributed by atoms with Gasteiger partial charge in [-0.05, 0) is 86.5 Å². The number of rotatable bonds is 7. The van der Waals surface area contributed by atoms with Crippen LogP contribution in [0.25, 0.3) is 66.1 Å². The molecule has 0 aliphatic carbocycles. The molecule has 0 amide bonds. The third-order valence-corrected chi connectivity index (χ3v) is 16.6. The van der Waals surface area contributed by atoms with E-state index >= 15 is 0 Å². The van der Waals surface area contributed by atoms with E-state index in [0.717, 1.165) is 5.69 Å². The maximum Gasteiger partial charge on any atom is 0.179 e. The minimum absolute atomic E-state index is 1.15. The van der Waals surface area contributed by atoms with Crippen LogP contribution in [0.5, 0.6) is 0 Å². The van der Waals surface area contributed by atoms with Gasteiger partial charge in [-0.3, -0.25) is 0 Å². The molecule has 0 aliphatic heterocycles. The zero-order valence-electron chi connectivity index (χ0n) is 31.3.